The Morgan fingerprint density at radius 2 is 1.95 bits per heavy atom. The highest BCUT2D eigenvalue weighted by atomic mass is 35.5. The summed E-state index contributed by atoms with van der Waals surface area (Å²) in [4.78, 5) is 6.81. The van der Waals surface area contributed by atoms with Gasteiger partial charge in [0.2, 0.25) is 0 Å². The van der Waals surface area contributed by atoms with Gasteiger partial charge in [0.05, 0.1) is 19.4 Å². The lowest BCUT2D eigenvalue weighted by atomic mass is 10.2. The third kappa shape index (κ3) is 6.05. The first-order valence-corrected chi connectivity index (χ1v) is 6.48. The third-order valence-electron chi connectivity index (χ3n) is 3.10. The second-order valence-electron chi connectivity index (χ2n) is 4.59. The molecule has 4 nitrogen and oxygen atoms in total. The fraction of sp³-hybridized carbons (Fsp3) is 0.500. The molecule has 0 aliphatic carbocycles. The molecule has 0 unspecified atom stereocenters. The van der Waals surface area contributed by atoms with Gasteiger partial charge < -0.3 is 26.9 Å². The summed E-state index contributed by atoms with van der Waals surface area (Å²) in [7, 11) is 0. The number of halogens is 1. The van der Waals surface area contributed by atoms with Crippen molar-refractivity contribution >= 4 is 6.21 Å². The number of oxime groups is 1. The van der Waals surface area contributed by atoms with E-state index >= 15 is 0 Å². The minimum absolute atomic E-state index is 0. The van der Waals surface area contributed by atoms with Crippen LogP contribution in [0.1, 0.15) is 11.1 Å². The zero-order valence-electron chi connectivity index (χ0n) is 11.3. The molecule has 1 fully saturated rings. The van der Waals surface area contributed by atoms with Gasteiger partial charge >= 0.3 is 0 Å². The monoisotopic (exact) mass is 284 g/mol. The van der Waals surface area contributed by atoms with E-state index in [4.69, 9.17) is 9.57 Å². The summed E-state index contributed by atoms with van der Waals surface area (Å²) >= 11 is 0. The average Bonchev–Trinajstić information content (AvgIpc) is 2.42. The lowest BCUT2D eigenvalue weighted by Crippen LogP contribution is -3.14. The molecule has 1 saturated heterocycles. The highest BCUT2D eigenvalue weighted by Gasteiger charge is 2.12. The fourth-order valence-corrected chi connectivity index (χ4v) is 1.90. The van der Waals surface area contributed by atoms with Gasteiger partial charge in [-0.25, -0.2) is 0 Å². The Balaban J connectivity index is 0.00000180. The molecule has 19 heavy (non-hydrogen) atoms. The molecule has 1 aromatic carbocycles. The van der Waals surface area contributed by atoms with Crippen molar-refractivity contribution in [2.45, 2.75) is 6.92 Å². The van der Waals surface area contributed by atoms with Crippen molar-refractivity contribution in [2.75, 3.05) is 39.5 Å². The van der Waals surface area contributed by atoms with Gasteiger partial charge in [-0.2, -0.15) is 0 Å². The van der Waals surface area contributed by atoms with Crippen LogP contribution in [0.5, 0.6) is 0 Å². The van der Waals surface area contributed by atoms with Crippen LogP contribution in [0.15, 0.2) is 29.4 Å². The maximum atomic E-state index is 5.30. The molecule has 1 aliphatic rings. The summed E-state index contributed by atoms with van der Waals surface area (Å²) in [5.41, 5.74) is 2.32. The quantitative estimate of drug-likeness (QED) is 0.362. The van der Waals surface area contributed by atoms with E-state index in [1.807, 2.05) is 12.1 Å². The van der Waals surface area contributed by atoms with Crippen LogP contribution in [0.3, 0.4) is 0 Å². The normalized spacial score (nSPS) is 16.3. The van der Waals surface area contributed by atoms with Crippen LogP contribution < -0.4 is 17.3 Å². The van der Waals surface area contributed by atoms with Gasteiger partial charge in [0.15, 0.2) is 6.61 Å². The van der Waals surface area contributed by atoms with E-state index in [1.165, 1.54) is 10.5 Å². The summed E-state index contributed by atoms with van der Waals surface area (Å²) in [6.45, 7) is 7.61. The summed E-state index contributed by atoms with van der Waals surface area (Å²) < 4.78 is 5.30. The molecule has 0 amide bonds. The van der Waals surface area contributed by atoms with Crippen molar-refractivity contribution in [3.8, 4) is 0 Å². The summed E-state index contributed by atoms with van der Waals surface area (Å²) in [6.07, 6.45) is 1.76. The molecule has 5 heteroatoms. The Labute approximate surface area is 120 Å². The van der Waals surface area contributed by atoms with Gasteiger partial charge in [-0.05, 0) is 12.5 Å². The van der Waals surface area contributed by atoms with Crippen molar-refractivity contribution in [1.29, 1.82) is 0 Å². The molecular weight excluding hydrogens is 264 g/mol. The van der Waals surface area contributed by atoms with E-state index in [1.54, 1.807) is 6.21 Å². The zero-order chi connectivity index (χ0) is 12.6. The number of hydrogen-bond acceptors (Lipinski definition) is 3. The number of morpholine rings is 1. The number of hydrogen-bond donors (Lipinski definition) is 1. The van der Waals surface area contributed by atoms with Gasteiger partial charge in [0, 0.05) is 0 Å². The molecule has 0 atom stereocenters. The molecule has 1 aliphatic heterocycles. The molecule has 0 spiro atoms. The second kappa shape index (κ2) is 8.91. The Hall–Kier alpha value is -1.10. The van der Waals surface area contributed by atoms with E-state index in [0.717, 1.165) is 38.4 Å². The average molecular weight is 285 g/mol. The Morgan fingerprint density at radius 3 is 2.63 bits per heavy atom. The van der Waals surface area contributed by atoms with Crippen LogP contribution in [0.4, 0.5) is 0 Å². The number of ether oxygens (including phenoxy) is 1. The number of nitrogens with one attached hydrogen (secondary N) is 1. The first-order valence-electron chi connectivity index (χ1n) is 6.48. The topological polar surface area (TPSA) is 35.3 Å². The van der Waals surface area contributed by atoms with Crippen LogP contribution in [0.25, 0.3) is 0 Å². The highest BCUT2D eigenvalue weighted by molar-refractivity contribution is 5.79. The molecular formula is C14H21ClN2O2. The molecule has 0 bridgehead atoms. The van der Waals surface area contributed by atoms with E-state index < -0.39 is 0 Å². The predicted molar refractivity (Wildman–Crippen MR) is 71.1 cm³/mol. The first kappa shape index (κ1) is 16.0. The van der Waals surface area contributed by atoms with E-state index in [9.17, 15) is 0 Å². The van der Waals surface area contributed by atoms with E-state index in [2.05, 4.69) is 24.2 Å². The summed E-state index contributed by atoms with van der Waals surface area (Å²) in [6, 6.07) is 8.21. The Kier molecular flexibility index (Phi) is 7.48. The lowest BCUT2D eigenvalue weighted by Gasteiger charge is -2.22. The minimum Gasteiger partial charge on any atom is -1.00 e. The molecule has 0 radical (unpaired) electrons. The number of quaternary nitrogens is 1. The van der Waals surface area contributed by atoms with E-state index in [0.29, 0.717) is 6.61 Å². The van der Waals surface area contributed by atoms with Crippen molar-refractivity contribution < 1.29 is 26.9 Å². The standard InChI is InChI=1S/C14H20N2O2.ClH/c1-13-2-4-14(5-3-13)12-15-18-11-8-16-6-9-17-10-7-16;/h2-5,12H,6-11H2,1H3;1H/b15-12+;. The second-order valence-corrected chi connectivity index (χ2v) is 4.59. The number of benzene rings is 1. The summed E-state index contributed by atoms with van der Waals surface area (Å²) in [5, 5.41) is 3.99. The van der Waals surface area contributed by atoms with Crippen molar-refractivity contribution in [2.24, 2.45) is 5.16 Å². The maximum Gasteiger partial charge on any atom is 0.165 e. The highest BCUT2D eigenvalue weighted by Crippen LogP contribution is 2.00. The van der Waals surface area contributed by atoms with Gasteiger partial charge in [-0.15, -0.1) is 0 Å². The van der Waals surface area contributed by atoms with Gasteiger partial charge in [-0.3, -0.25) is 0 Å². The molecule has 1 aromatic rings. The van der Waals surface area contributed by atoms with Crippen LogP contribution in [0.2, 0.25) is 0 Å². The summed E-state index contributed by atoms with van der Waals surface area (Å²) in [5.74, 6) is 0. The predicted octanol–water partition coefficient (Wildman–Crippen LogP) is -2.74. The largest absolute Gasteiger partial charge is 1.00 e. The number of aryl methyl sites for hydroxylation is 1. The molecule has 1 heterocycles. The number of rotatable bonds is 5. The lowest BCUT2D eigenvalue weighted by molar-refractivity contribution is -0.908. The van der Waals surface area contributed by atoms with Crippen LogP contribution in [0, 0.1) is 6.92 Å². The molecule has 1 N–H and O–H groups in total. The number of nitrogens with zero attached hydrogens (tertiary/aromatic N) is 1. The molecule has 0 saturated carbocycles. The first-order chi connectivity index (χ1) is 8.84. The van der Waals surface area contributed by atoms with Crippen molar-refractivity contribution in [3.05, 3.63) is 35.4 Å². The Bertz CT molecular complexity index is 376. The molecule has 106 valence electrons. The molecule has 2 rings (SSSR count). The van der Waals surface area contributed by atoms with Crippen LogP contribution >= 0.6 is 0 Å². The SMILES string of the molecule is Cc1ccc(/C=N/OCC[NH+]2CCOCC2)cc1.[Cl-]. The molecule has 0 aromatic heterocycles. The van der Waals surface area contributed by atoms with Gasteiger partial charge in [0.1, 0.15) is 19.6 Å². The van der Waals surface area contributed by atoms with Crippen molar-refractivity contribution in [1.82, 2.24) is 0 Å². The maximum absolute atomic E-state index is 5.30. The van der Waals surface area contributed by atoms with Crippen LogP contribution in [-0.2, 0) is 9.57 Å². The van der Waals surface area contributed by atoms with E-state index in [-0.39, 0.29) is 12.4 Å². The Morgan fingerprint density at radius 1 is 1.26 bits per heavy atom. The van der Waals surface area contributed by atoms with Crippen LogP contribution in [-0.4, -0.2) is 45.7 Å². The van der Waals surface area contributed by atoms with Crippen molar-refractivity contribution in [3.63, 3.8) is 0 Å². The van der Waals surface area contributed by atoms with Gasteiger partial charge in [-0.1, -0.05) is 35.0 Å². The minimum atomic E-state index is 0. The third-order valence-corrected chi connectivity index (χ3v) is 3.10. The zero-order valence-corrected chi connectivity index (χ0v) is 12.0. The van der Waals surface area contributed by atoms with Gasteiger partial charge in [0.25, 0.3) is 0 Å². The fourth-order valence-electron chi connectivity index (χ4n) is 1.90. The smallest absolute Gasteiger partial charge is 0.165 e.